The second kappa shape index (κ2) is 4.63. The maximum atomic E-state index is 6.01. The Morgan fingerprint density at radius 2 is 2.06 bits per heavy atom. The van der Waals surface area contributed by atoms with Gasteiger partial charge in [-0.1, -0.05) is 32.4 Å². The zero-order chi connectivity index (χ0) is 12.5. The van der Waals surface area contributed by atoms with Crippen LogP contribution >= 0.6 is 22.9 Å². The number of anilines is 2. The van der Waals surface area contributed by atoms with Crippen LogP contribution in [-0.2, 0) is 5.41 Å². The van der Waals surface area contributed by atoms with Gasteiger partial charge in [-0.15, -0.1) is 0 Å². The lowest BCUT2D eigenvalue weighted by atomic mass is 9.96. The number of thiophene rings is 1. The van der Waals surface area contributed by atoms with Crippen molar-refractivity contribution in [1.82, 2.24) is 9.97 Å². The molecule has 90 valence electrons. The van der Waals surface area contributed by atoms with Gasteiger partial charge in [0.1, 0.15) is 16.8 Å². The lowest BCUT2D eigenvalue weighted by molar-refractivity contribution is 0.546. The van der Waals surface area contributed by atoms with Crippen molar-refractivity contribution in [3.05, 3.63) is 33.9 Å². The number of halogens is 1. The summed E-state index contributed by atoms with van der Waals surface area (Å²) in [5, 5.41) is 7.70. The first kappa shape index (κ1) is 12.3. The molecule has 0 saturated carbocycles. The van der Waals surface area contributed by atoms with E-state index in [-0.39, 0.29) is 5.41 Å². The van der Waals surface area contributed by atoms with E-state index >= 15 is 0 Å². The van der Waals surface area contributed by atoms with Gasteiger partial charge in [0.05, 0.1) is 5.69 Å². The van der Waals surface area contributed by atoms with Crippen molar-refractivity contribution in [3.8, 4) is 0 Å². The molecule has 0 aromatic carbocycles. The fourth-order valence-electron chi connectivity index (χ4n) is 1.30. The molecular formula is C12H14ClN3S. The predicted octanol–water partition coefficient (Wildman–Crippen LogP) is 4.23. The minimum Gasteiger partial charge on any atom is -0.339 e. The molecule has 0 aliphatic carbocycles. The summed E-state index contributed by atoms with van der Waals surface area (Å²) in [6.45, 7) is 6.19. The van der Waals surface area contributed by atoms with E-state index in [1.807, 2.05) is 16.8 Å². The van der Waals surface area contributed by atoms with Crippen molar-refractivity contribution in [2.24, 2.45) is 0 Å². The Morgan fingerprint density at radius 1 is 1.29 bits per heavy atom. The summed E-state index contributed by atoms with van der Waals surface area (Å²) < 4.78 is 0. The molecule has 17 heavy (non-hydrogen) atoms. The molecule has 2 aromatic rings. The molecule has 0 spiro atoms. The highest BCUT2D eigenvalue weighted by molar-refractivity contribution is 7.08. The quantitative estimate of drug-likeness (QED) is 0.828. The molecule has 0 aliphatic heterocycles. The first-order valence-electron chi connectivity index (χ1n) is 5.29. The Hall–Kier alpha value is -1.13. The van der Waals surface area contributed by atoms with Gasteiger partial charge in [-0.05, 0) is 11.4 Å². The number of aromatic nitrogens is 2. The third kappa shape index (κ3) is 3.17. The first-order valence-corrected chi connectivity index (χ1v) is 6.61. The van der Waals surface area contributed by atoms with Crippen LogP contribution in [0.3, 0.4) is 0 Å². The van der Waals surface area contributed by atoms with E-state index in [0.717, 1.165) is 17.3 Å². The van der Waals surface area contributed by atoms with E-state index in [9.17, 15) is 0 Å². The van der Waals surface area contributed by atoms with Crippen molar-refractivity contribution < 1.29 is 0 Å². The zero-order valence-electron chi connectivity index (χ0n) is 9.99. The molecule has 0 amide bonds. The maximum absolute atomic E-state index is 6.01. The fraction of sp³-hybridized carbons (Fsp3) is 0.333. The molecule has 3 nitrogen and oxygen atoms in total. The van der Waals surface area contributed by atoms with Gasteiger partial charge in [0, 0.05) is 16.9 Å². The summed E-state index contributed by atoms with van der Waals surface area (Å²) in [7, 11) is 0. The monoisotopic (exact) mass is 267 g/mol. The average Bonchev–Trinajstić information content (AvgIpc) is 2.68. The molecule has 0 radical (unpaired) electrons. The Labute approximate surface area is 110 Å². The number of hydrogen-bond donors (Lipinski definition) is 1. The highest BCUT2D eigenvalue weighted by Crippen LogP contribution is 2.24. The highest BCUT2D eigenvalue weighted by Gasteiger charge is 2.18. The van der Waals surface area contributed by atoms with Gasteiger partial charge in [0.15, 0.2) is 0 Å². The zero-order valence-corrected chi connectivity index (χ0v) is 11.6. The minimum absolute atomic E-state index is 0.115. The lowest BCUT2D eigenvalue weighted by Gasteiger charge is -2.17. The molecular weight excluding hydrogens is 254 g/mol. The van der Waals surface area contributed by atoms with Crippen LogP contribution in [0.25, 0.3) is 0 Å². The Balaban J connectivity index is 2.32. The van der Waals surface area contributed by atoms with Gasteiger partial charge in [-0.25, -0.2) is 9.97 Å². The van der Waals surface area contributed by atoms with Gasteiger partial charge in [0.25, 0.3) is 0 Å². The van der Waals surface area contributed by atoms with E-state index in [0.29, 0.717) is 5.15 Å². The van der Waals surface area contributed by atoms with E-state index in [1.54, 1.807) is 17.4 Å². The first-order chi connectivity index (χ1) is 7.95. The third-order valence-electron chi connectivity index (χ3n) is 2.16. The molecule has 0 bridgehead atoms. The van der Waals surface area contributed by atoms with Gasteiger partial charge in [0.2, 0.25) is 0 Å². The molecule has 0 atom stereocenters. The fourth-order valence-corrected chi connectivity index (χ4v) is 2.07. The largest absolute Gasteiger partial charge is 0.339 e. The van der Waals surface area contributed by atoms with Gasteiger partial charge >= 0.3 is 0 Å². The summed E-state index contributed by atoms with van der Waals surface area (Å²) in [4.78, 5) is 8.73. The van der Waals surface area contributed by atoms with Crippen LogP contribution in [0.5, 0.6) is 0 Å². The summed E-state index contributed by atoms with van der Waals surface area (Å²) in [6.07, 6.45) is 0. The maximum Gasteiger partial charge on any atom is 0.137 e. The molecule has 0 fully saturated rings. The second-order valence-electron chi connectivity index (χ2n) is 4.79. The van der Waals surface area contributed by atoms with Gasteiger partial charge < -0.3 is 5.32 Å². The van der Waals surface area contributed by atoms with Crippen molar-refractivity contribution in [3.63, 3.8) is 0 Å². The average molecular weight is 268 g/mol. The summed E-state index contributed by atoms with van der Waals surface area (Å²) >= 11 is 7.64. The van der Waals surface area contributed by atoms with Crippen molar-refractivity contribution in [2.45, 2.75) is 26.2 Å². The van der Waals surface area contributed by atoms with Gasteiger partial charge in [-0.3, -0.25) is 0 Å². The predicted molar refractivity (Wildman–Crippen MR) is 73.3 cm³/mol. The number of rotatable bonds is 2. The number of hydrogen-bond acceptors (Lipinski definition) is 4. The molecule has 2 aromatic heterocycles. The summed E-state index contributed by atoms with van der Waals surface area (Å²) in [5.41, 5.74) is 0.903. The Kier molecular flexibility index (Phi) is 3.35. The molecule has 1 N–H and O–H groups in total. The van der Waals surface area contributed by atoms with Crippen LogP contribution < -0.4 is 5.32 Å². The summed E-state index contributed by atoms with van der Waals surface area (Å²) in [6, 6.07) is 3.73. The second-order valence-corrected chi connectivity index (χ2v) is 5.95. The number of nitrogens with zero attached hydrogens (tertiary/aromatic N) is 2. The van der Waals surface area contributed by atoms with Crippen molar-refractivity contribution in [2.75, 3.05) is 5.32 Å². The molecule has 0 aliphatic rings. The molecule has 0 saturated heterocycles. The van der Waals surface area contributed by atoms with Crippen LogP contribution in [0, 0.1) is 0 Å². The topological polar surface area (TPSA) is 37.8 Å². The van der Waals surface area contributed by atoms with Crippen LogP contribution in [0.15, 0.2) is 22.9 Å². The van der Waals surface area contributed by atoms with E-state index in [1.165, 1.54) is 0 Å². The third-order valence-corrected chi connectivity index (χ3v) is 3.04. The van der Waals surface area contributed by atoms with E-state index in [2.05, 4.69) is 36.1 Å². The van der Waals surface area contributed by atoms with E-state index < -0.39 is 0 Å². The molecule has 2 heterocycles. The lowest BCUT2D eigenvalue weighted by Crippen LogP contribution is -2.16. The van der Waals surface area contributed by atoms with Crippen LogP contribution in [0.4, 0.5) is 11.5 Å². The molecule has 2 rings (SSSR count). The van der Waals surface area contributed by atoms with Crippen LogP contribution in [0.2, 0.25) is 5.15 Å². The smallest absolute Gasteiger partial charge is 0.137 e. The Morgan fingerprint density at radius 3 is 2.65 bits per heavy atom. The Bertz CT molecular complexity index is 503. The summed E-state index contributed by atoms with van der Waals surface area (Å²) in [5.74, 6) is 1.47. The van der Waals surface area contributed by atoms with Crippen molar-refractivity contribution in [1.29, 1.82) is 0 Å². The minimum atomic E-state index is -0.115. The molecule has 5 heteroatoms. The van der Waals surface area contributed by atoms with E-state index in [4.69, 9.17) is 11.6 Å². The van der Waals surface area contributed by atoms with Crippen LogP contribution in [-0.4, -0.2) is 9.97 Å². The highest BCUT2D eigenvalue weighted by atomic mass is 35.5. The number of nitrogens with one attached hydrogen (secondary N) is 1. The standard InChI is InChI=1S/C12H14ClN3S/c1-12(2,3)11-15-9(13)6-10(16-11)14-8-4-5-17-7-8/h4-7H,1-3H3,(H,14,15,16). The van der Waals surface area contributed by atoms with Gasteiger partial charge in [-0.2, -0.15) is 11.3 Å². The normalized spacial score (nSPS) is 11.5. The molecule has 0 unspecified atom stereocenters. The SMILES string of the molecule is CC(C)(C)c1nc(Cl)cc(Nc2ccsc2)n1. The van der Waals surface area contributed by atoms with Crippen molar-refractivity contribution >= 4 is 34.4 Å². The van der Waals surface area contributed by atoms with Crippen LogP contribution in [0.1, 0.15) is 26.6 Å².